The van der Waals surface area contributed by atoms with E-state index in [2.05, 4.69) is 67.0 Å². The Labute approximate surface area is 225 Å². The first-order valence-corrected chi connectivity index (χ1v) is 15.2. The van der Waals surface area contributed by atoms with Crippen molar-refractivity contribution in [3.05, 3.63) is 89.3 Å². The molecule has 0 saturated heterocycles. The van der Waals surface area contributed by atoms with Crippen LogP contribution in [0.1, 0.15) is 30.7 Å². The molecule has 2 aromatic heterocycles. The van der Waals surface area contributed by atoms with Gasteiger partial charge in [0.25, 0.3) is 10.1 Å². The van der Waals surface area contributed by atoms with Crippen LogP contribution in [0.5, 0.6) is 5.75 Å². The van der Waals surface area contributed by atoms with Crippen LogP contribution in [0.15, 0.2) is 78.9 Å². The third-order valence-corrected chi connectivity index (χ3v) is 9.80. The first-order chi connectivity index (χ1) is 17.6. The van der Waals surface area contributed by atoms with Crippen molar-refractivity contribution in [1.29, 1.82) is 0 Å². The molecule has 0 radical (unpaired) electrons. The number of benzene rings is 2. The minimum atomic E-state index is -4.00. The van der Waals surface area contributed by atoms with Crippen molar-refractivity contribution in [2.45, 2.75) is 25.7 Å². The molecule has 37 heavy (non-hydrogen) atoms. The van der Waals surface area contributed by atoms with E-state index in [-0.39, 0.29) is 16.9 Å². The minimum Gasteiger partial charge on any atom is -0.508 e. The summed E-state index contributed by atoms with van der Waals surface area (Å²) in [5.74, 6) is 0.00301. The molecule has 0 bridgehead atoms. The van der Waals surface area contributed by atoms with Gasteiger partial charge < -0.3 is 5.11 Å². The number of rotatable bonds is 8. The average molecular weight is 551 g/mol. The fourth-order valence-electron chi connectivity index (χ4n) is 4.77. The molecule has 2 aromatic carbocycles. The van der Waals surface area contributed by atoms with Crippen LogP contribution in [0.25, 0.3) is 26.3 Å². The molecule has 1 aliphatic rings. The number of nitrogens with zero attached hydrogens (tertiary/aromatic N) is 1. The van der Waals surface area contributed by atoms with Crippen molar-refractivity contribution in [2.24, 2.45) is 0 Å². The van der Waals surface area contributed by atoms with Gasteiger partial charge >= 0.3 is 0 Å². The van der Waals surface area contributed by atoms with E-state index in [1.807, 2.05) is 24.3 Å². The summed E-state index contributed by atoms with van der Waals surface area (Å²) in [5, 5.41) is 9.55. The summed E-state index contributed by atoms with van der Waals surface area (Å²) in [6.07, 6.45) is 4.60. The summed E-state index contributed by atoms with van der Waals surface area (Å²) in [6, 6.07) is 24.0. The van der Waals surface area contributed by atoms with Crippen LogP contribution in [0.2, 0.25) is 0 Å². The number of thiophene rings is 2. The Morgan fingerprint density at radius 2 is 1.54 bits per heavy atom. The molecule has 3 heterocycles. The number of para-hydroxylation sites is 1. The Morgan fingerprint density at radius 1 is 0.865 bits per heavy atom. The molecule has 4 aromatic rings. The molecule has 0 saturated carbocycles. The second-order valence-corrected chi connectivity index (χ2v) is 13.3. The highest BCUT2D eigenvalue weighted by Crippen LogP contribution is 2.41. The quantitative estimate of drug-likeness (QED) is 0.179. The summed E-state index contributed by atoms with van der Waals surface area (Å²) in [5.41, 5.74) is 4.23. The lowest BCUT2D eigenvalue weighted by molar-refractivity contribution is -0.437. The molecule has 0 fully saturated rings. The molecular formula is C29H28NO4S3+. The number of hydrogen-bond donors (Lipinski definition) is 2. The third-order valence-electron chi connectivity index (χ3n) is 6.62. The van der Waals surface area contributed by atoms with Crippen LogP contribution < -0.4 is 0 Å². The Balaban J connectivity index is 1.41. The van der Waals surface area contributed by atoms with Gasteiger partial charge in [0.05, 0.1) is 11.2 Å². The molecule has 190 valence electrons. The summed E-state index contributed by atoms with van der Waals surface area (Å²) in [4.78, 5) is 4.67. The zero-order valence-corrected chi connectivity index (χ0v) is 23.0. The number of phenols is 1. The van der Waals surface area contributed by atoms with Gasteiger partial charge in [0.2, 0.25) is 5.69 Å². The maximum Gasteiger partial charge on any atom is 0.265 e. The summed E-state index contributed by atoms with van der Waals surface area (Å²) in [7, 11) is -4.00. The molecule has 2 N–H and O–H groups in total. The van der Waals surface area contributed by atoms with Gasteiger partial charge in [-0.15, -0.1) is 22.7 Å². The molecule has 5 rings (SSSR count). The molecular weight excluding hydrogens is 523 g/mol. The van der Waals surface area contributed by atoms with Gasteiger partial charge in [-0.3, -0.25) is 4.55 Å². The molecule has 8 heteroatoms. The van der Waals surface area contributed by atoms with Crippen LogP contribution in [0, 0.1) is 0 Å². The fraction of sp³-hybridized carbons (Fsp3) is 0.207. The average Bonchev–Trinajstić information content (AvgIpc) is 3.56. The Hall–Kier alpha value is -3.04. The van der Waals surface area contributed by atoms with Gasteiger partial charge in [0.15, 0.2) is 5.71 Å². The van der Waals surface area contributed by atoms with Crippen molar-refractivity contribution in [3.63, 3.8) is 0 Å². The minimum absolute atomic E-state index is 0.238. The predicted octanol–water partition coefficient (Wildman–Crippen LogP) is 7.22. The molecule has 0 atom stereocenters. The molecule has 0 aliphatic carbocycles. The number of phenolic OH excluding ortho intramolecular Hbond substituents is 1. The topological polar surface area (TPSA) is 77.6 Å². The number of fused-ring (bicyclic) bond motifs is 1. The van der Waals surface area contributed by atoms with Crippen LogP contribution in [-0.2, 0) is 15.5 Å². The van der Waals surface area contributed by atoms with Crippen molar-refractivity contribution in [3.8, 4) is 25.9 Å². The molecule has 5 nitrogen and oxygen atoms in total. The van der Waals surface area contributed by atoms with Gasteiger partial charge in [-0.05, 0) is 74.0 Å². The van der Waals surface area contributed by atoms with Crippen molar-refractivity contribution >= 4 is 50.3 Å². The number of aromatic hydroxyl groups is 1. The maximum atomic E-state index is 11.3. The van der Waals surface area contributed by atoms with Crippen molar-refractivity contribution < 1.29 is 22.7 Å². The zero-order chi connectivity index (χ0) is 26.2. The van der Waals surface area contributed by atoms with E-state index in [1.54, 1.807) is 34.8 Å². The Bertz CT molecular complexity index is 1610. The van der Waals surface area contributed by atoms with Crippen molar-refractivity contribution in [1.82, 2.24) is 0 Å². The highest BCUT2D eigenvalue weighted by atomic mass is 32.2. The number of allylic oxidation sites excluding steroid dienone is 1. The van der Waals surface area contributed by atoms with Crippen LogP contribution in [0.3, 0.4) is 0 Å². The van der Waals surface area contributed by atoms with Gasteiger partial charge in [-0.25, -0.2) is 0 Å². The van der Waals surface area contributed by atoms with E-state index in [0.717, 1.165) is 26.7 Å². The Morgan fingerprint density at radius 3 is 2.30 bits per heavy atom. The predicted molar refractivity (Wildman–Crippen MR) is 154 cm³/mol. The summed E-state index contributed by atoms with van der Waals surface area (Å²) >= 11 is 3.45. The van der Waals surface area contributed by atoms with Gasteiger partial charge in [0, 0.05) is 43.6 Å². The van der Waals surface area contributed by atoms with E-state index in [4.69, 9.17) is 0 Å². The standard InChI is InChI=1S/C29H27NO4S3/c1-29(2)23-6-3-4-7-24(23)30(18-5-19-37(32,33)34)28(29)17-13-22-12-14-26(35-22)27-16-15-25(36-27)20-8-10-21(31)11-9-20/h3-4,6-17H,5,18-19H2,1-2H3,(H,32,33,34)/p+1. The first kappa shape index (κ1) is 25.6. The normalized spacial score (nSPS) is 15.0. The summed E-state index contributed by atoms with van der Waals surface area (Å²) < 4.78 is 34.0. The van der Waals surface area contributed by atoms with Gasteiger partial charge in [-0.2, -0.15) is 13.0 Å². The summed E-state index contributed by atoms with van der Waals surface area (Å²) in [6.45, 7) is 4.88. The van der Waals surface area contributed by atoms with E-state index in [9.17, 15) is 18.1 Å². The molecule has 1 aliphatic heterocycles. The largest absolute Gasteiger partial charge is 0.508 e. The van der Waals surface area contributed by atoms with Crippen molar-refractivity contribution in [2.75, 3.05) is 12.3 Å². The van der Waals surface area contributed by atoms with E-state index in [1.165, 1.54) is 15.3 Å². The second-order valence-electron chi connectivity index (χ2n) is 9.56. The highest BCUT2D eigenvalue weighted by molar-refractivity contribution is 7.85. The van der Waals surface area contributed by atoms with Gasteiger partial charge in [-0.1, -0.05) is 18.2 Å². The lowest BCUT2D eigenvalue weighted by atomic mass is 9.81. The van der Waals surface area contributed by atoms with Crippen LogP contribution >= 0.6 is 22.7 Å². The Kier molecular flexibility index (Phi) is 6.93. The lowest BCUT2D eigenvalue weighted by Gasteiger charge is -2.15. The molecule has 0 spiro atoms. The molecule has 0 unspecified atom stereocenters. The third kappa shape index (κ3) is 5.48. The monoisotopic (exact) mass is 550 g/mol. The van der Waals surface area contributed by atoms with E-state index >= 15 is 0 Å². The fourth-order valence-corrected chi connectivity index (χ4v) is 7.28. The van der Waals surface area contributed by atoms with Gasteiger partial charge in [0.1, 0.15) is 12.3 Å². The maximum absolute atomic E-state index is 11.3. The zero-order valence-electron chi connectivity index (χ0n) is 20.6. The number of hydrogen-bond acceptors (Lipinski definition) is 5. The van der Waals surface area contributed by atoms with E-state index < -0.39 is 10.1 Å². The van der Waals surface area contributed by atoms with Crippen LogP contribution in [0.4, 0.5) is 5.69 Å². The smallest absolute Gasteiger partial charge is 0.265 e. The van der Waals surface area contributed by atoms with Crippen LogP contribution in [-0.4, -0.2) is 40.7 Å². The first-order valence-electron chi connectivity index (χ1n) is 12.0. The SMILES string of the molecule is CC1(C)C(C=Cc2ccc(-c3ccc(-c4ccc(O)cc4)s3)s2)=[N+](CCCS(=O)(=O)O)c2ccccc21. The molecule has 0 amide bonds. The lowest BCUT2D eigenvalue weighted by Crippen LogP contribution is -2.28. The second kappa shape index (κ2) is 10.0. The highest BCUT2D eigenvalue weighted by Gasteiger charge is 2.43. The van der Waals surface area contributed by atoms with E-state index in [0.29, 0.717) is 13.0 Å².